The van der Waals surface area contributed by atoms with Crippen molar-refractivity contribution in [1.82, 2.24) is 0 Å². The van der Waals surface area contributed by atoms with Gasteiger partial charge < -0.3 is 13.9 Å². The lowest BCUT2D eigenvalue weighted by Gasteiger charge is -2.10. The zero-order valence-electron chi connectivity index (χ0n) is 14.3. The van der Waals surface area contributed by atoms with Gasteiger partial charge in [-0.2, -0.15) is 0 Å². The predicted molar refractivity (Wildman–Crippen MR) is 94.1 cm³/mol. The molecule has 5 nitrogen and oxygen atoms in total. The molecule has 1 heterocycles. The van der Waals surface area contributed by atoms with Gasteiger partial charge in [0.2, 0.25) is 0 Å². The molecule has 1 aromatic heterocycles. The molecule has 3 aromatic rings. The van der Waals surface area contributed by atoms with E-state index in [1.54, 1.807) is 18.2 Å². The van der Waals surface area contributed by atoms with E-state index in [1.165, 1.54) is 30.3 Å². The lowest BCUT2D eigenvalue weighted by Crippen LogP contribution is -2.18. The van der Waals surface area contributed by atoms with E-state index in [2.05, 4.69) is 0 Å². The van der Waals surface area contributed by atoms with Crippen LogP contribution >= 0.6 is 0 Å². The largest absolute Gasteiger partial charge is 0.479 e. The highest BCUT2D eigenvalue weighted by Crippen LogP contribution is 2.27. The van der Waals surface area contributed by atoms with Gasteiger partial charge in [-0.05, 0) is 35.7 Å². The monoisotopic (exact) mass is 356 g/mol. The molecule has 2 aromatic carbocycles. The first-order valence-corrected chi connectivity index (χ1v) is 8.10. The number of rotatable bonds is 5. The van der Waals surface area contributed by atoms with Crippen molar-refractivity contribution in [3.8, 4) is 11.5 Å². The molecule has 0 aliphatic carbocycles. The minimum Gasteiger partial charge on any atom is -0.479 e. The van der Waals surface area contributed by atoms with Crippen LogP contribution < -0.4 is 15.1 Å². The Balaban J connectivity index is 1.75. The maximum atomic E-state index is 13.5. The molecule has 134 valence electrons. The van der Waals surface area contributed by atoms with Gasteiger partial charge in [0.1, 0.15) is 11.3 Å². The van der Waals surface area contributed by atoms with Gasteiger partial charge in [0, 0.05) is 17.5 Å². The molecule has 0 radical (unpaired) electrons. The number of para-hydroxylation sites is 1. The number of halogens is 1. The van der Waals surface area contributed by atoms with Gasteiger partial charge in [0.05, 0.1) is 0 Å². The van der Waals surface area contributed by atoms with Crippen molar-refractivity contribution >= 4 is 16.9 Å². The highest BCUT2D eigenvalue weighted by Gasteiger charge is 2.12. The Morgan fingerprint density at radius 2 is 1.92 bits per heavy atom. The van der Waals surface area contributed by atoms with Crippen LogP contribution in [0.25, 0.3) is 11.0 Å². The van der Waals surface area contributed by atoms with E-state index < -0.39 is 24.0 Å². The van der Waals surface area contributed by atoms with Crippen LogP contribution in [-0.2, 0) is 4.79 Å². The van der Waals surface area contributed by atoms with E-state index >= 15 is 0 Å². The molecule has 0 bridgehead atoms. The number of carbonyl (C=O) groups is 1. The molecule has 0 aliphatic rings. The molecule has 0 saturated heterocycles. The molecule has 0 spiro atoms. The van der Waals surface area contributed by atoms with Crippen LogP contribution in [0.2, 0.25) is 0 Å². The summed E-state index contributed by atoms with van der Waals surface area (Å²) in [5, 5.41) is 0.780. The SMILES string of the molecule is CC(C)c1cc(=O)oc2cc(OC(=O)COc3ccccc3F)ccc12. The van der Waals surface area contributed by atoms with Crippen molar-refractivity contribution in [3.63, 3.8) is 0 Å². The van der Waals surface area contributed by atoms with Crippen molar-refractivity contribution in [3.05, 3.63) is 70.3 Å². The van der Waals surface area contributed by atoms with Crippen LogP contribution in [0.5, 0.6) is 11.5 Å². The van der Waals surface area contributed by atoms with Crippen LogP contribution in [0.4, 0.5) is 4.39 Å². The minimum atomic E-state index is -0.699. The summed E-state index contributed by atoms with van der Waals surface area (Å²) < 4.78 is 28.9. The molecule has 3 rings (SSSR count). The average molecular weight is 356 g/mol. The van der Waals surface area contributed by atoms with Crippen molar-refractivity contribution in [1.29, 1.82) is 0 Å². The number of benzene rings is 2. The standard InChI is InChI=1S/C20H17FO5/c1-12(2)15-10-19(22)26-18-9-13(7-8-14(15)18)25-20(23)11-24-17-6-4-3-5-16(17)21/h3-10,12H,11H2,1-2H3. The molecule has 0 unspecified atom stereocenters. The van der Waals surface area contributed by atoms with E-state index in [-0.39, 0.29) is 17.4 Å². The van der Waals surface area contributed by atoms with Crippen molar-refractivity contribution in [2.24, 2.45) is 0 Å². The van der Waals surface area contributed by atoms with Gasteiger partial charge in [0.15, 0.2) is 18.2 Å². The lowest BCUT2D eigenvalue weighted by molar-refractivity contribution is -0.136. The Hall–Kier alpha value is -3.15. The van der Waals surface area contributed by atoms with Crippen LogP contribution in [-0.4, -0.2) is 12.6 Å². The predicted octanol–water partition coefficient (Wildman–Crippen LogP) is 4.04. The first kappa shape index (κ1) is 17.7. The van der Waals surface area contributed by atoms with Gasteiger partial charge in [-0.1, -0.05) is 26.0 Å². The summed E-state index contributed by atoms with van der Waals surface area (Å²) in [6, 6.07) is 12.0. The van der Waals surface area contributed by atoms with Gasteiger partial charge in [0.25, 0.3) is 0 Å². The Morgan fingerprint density at radius 1 is 1.15 bits per heavy atom. The Kier molecular flexibility index (Phi) is 5.02. The normalized spacial score (nSPS) is 10.9. The van der Waals surface area contributed by atoms with Gasteiger partial charge in [-0.15, -0.1) is 0 Å². The maximum absolute atomic E-state index is 13.5. The number of hydrogen-bond acceptors (Lipinski definition) is 5. The molecule has 0 fully saturated rings. The van der Waals surface area contributed by atoms with Gasteiger partial charge >= 0.3 is 11.6 Å². The second-order valence-electron chi connectivity index (χ2n) is 6.03. The van der Waals surface area contributed by atoms with Crippen LogP contribution in [0.1, 0.15) is 25.3 Å². The van der Waals surface area contributed by atoms with Crippen LogP contribution in [0, 0.1) is 5.82 Å². The fourth-order valence-electron chi connectivity index (χ4n) is 2.57. The highest BCUT2D eigenvalue weighted by atomic mass is 19.1. The number of ether oxygens (including phenoxy) is 2. The summed E-state index contributed by atoms with van der Waals surface area (Å²) in [5.41, 5.74) is 0.728. The summed E-state index contributed by atoms with van der Waals surface area (Å²) >= 11 is 0. The van der Waals surface area contributed by atoms with E-state index in [4.69, 9.17) is 13.9 Å². The third-order valence-corrected chi connectivity index (χ3v) is 3.78. The zero-order valence-corrected chi connectivity index (χ0v) is 14.3. The molecule has 0 amide bonds. The van der Waals surface area contributed by atoms with E-state index in [1.807, 2.05) is 13.8 Å². The number of hydrogen-bond donors (Lipinski definition) is 0. The minimum absolute atomic E-state index is 0.0319. The summed E-state index contributed by atoms with van der Waals surface area (Å²) in [4.78, 5) is 23.6. The molecular formula is C20H17FO5. The zero-order chi connectivity index (χ0) is 18.7. The first-order valence-electron chi connectivity index (χ1n) is 8.10. The fourth-order valence-corrected chi connectivity index (χ4v) is 2.57. The third-order valence-electron chi connectivity index (χ3n) is 3.78. The second kappa shape index (κ2) is 7.39. The topological polar surface area (TPSA) is 65.7 Å². The Morgan fingerprint density at radius 3 is 2.65 bits per heavy atom. The summed E-state index contributed by atoms with van der Waals surface area (Å²) in [5.74, 6) is -0.938. The highest BCUT2D eigenvalue weighted by molar-refractivity contribution is 5.83. The maximum Gasteiger partial charge on any atom is 0.349 e. The number of fused-ring (bicyclic) bond motifs is 1. The van der Waals surface area contributed by atoms with Crippen molar-refractivity contribution in [2.75, 3.05) is 6.61 Å². The molecule has 6 heteroatoms. The van der Waals surface area contributed by atoms with Crippen LogP contribution in [0.3, 0.4) is 0 Å². The lowest BCUT2D eigenvalue weighted by atomic mass is 10.00. The quantitative estimate of drug-likeness (QED) is 0.392. The third kappa shape index (κ3) is 3.91. The van der Waals surface area contributed by atoms with E-state index in [9.17, 15) is 14.0 Å². The van der Waals surface area contributed by atoms with Crippen molar-refractivity contribution in [2.45, 2.75) is 19.8 Å². The number of esters is 1. The van der Waals surface area contributed by atoms with Gasteiger partial charge in [-0.25, -0.2) is 14.0 Å². The molecule has 26 heavy (non-hydrogen) atoms. The Labute approximate surface area is 149 Å². The van der Waals surface area contributed by atoms with Gasteiger partial charge in [-0.3, -0.25) is 0 Å². The summed E-state index contributed by atoms with van der Waals surface area (Å²) in [7, 11) is 0. The van der Waals surface area contributed by atoms with E-state index in [0.717, 1.165) is 10.9 Å². The molecule has 0 atom stereocenters. The molecular weight excluding hydrogens is 339 g/mol. The Bertz CT molecular complexity index is 1010. The molecule has 0 saturated carbocycles. The molecule has 0 N–H and O–H groups in total. The molecule has 0 aliphatic heterocycles. The summed E-state index contributed by atoms with van der Waals surface area (Å²) in [6.45, 7) is 3.50. The average Bonchev–Trinajstić information content (AvgIpc) is 2.60. The first-order chi connectivity index (χ1) is 12.4. The fraction of sp³-hybridized carbons (Fsp3) is 0.200. The number of carbonyl (C=O) groups excluding carboxylic acids is 1. The van der Waals surface area contributed by atoms with Crippen LogP contribution in [0.15, 0.2) is 57.7 Å². The second-order valence-corrected chi connectivity index (χ2v) is 6.03. The van der Waals surface area contributed by atoms with E-state index in [0.29, 0.717) is 5.58 Å². The summed E-state index contributed by atoms with van der Waals surface area (Å²) in [6.07, 6.45) is 0. The smallest absolute Gasteiger partial charge is 0.349 e. The van der Waals surface area contributed by atoms with Crippen molar-refractivity contribution < 1.29 is 23.1 Å².